The first kappa shape index (κ1) is 12.5. The molecule has 1 aromatic rings. The molecule has 1 heterocycles. The topological polar surface area (TPSA) is 78.2 Å². The van der Waals surface area contributed by atoms with Crippen molar-refractivity contribution in [3.8, 4) is 5.75 Å². The number of alkyl halides is 3. The lowest BCUT2D eigenvalue weighted by Gasteiger charge is -2.30. The monoisotopic (exact) mass is 259 g/mol. The van der Waals surface area contributed by atoms with Crippen molar-refractivity contribution in [2.45, 2.75) is 24.8 Å². The van der Waals surface area contributed by atoms with Gasteiger partial charge in [0.25, 0.3) is 0 Å². The van der Waals surface area contributed by atoms with E-state index in [1.54, 1.807) is 0 Å². The number of ether oxygens (including phenoxy) is 1. The van der Waals surface area contributed by atoms with Gasteiger partial charge in [0.2, 0.25) is 0 Å². The second kappa shape index (κ2) is 4.40. The molecule has 0 fully saturated rings. The van der Waals surface area contributed by atoms with Crippen molar-refractivity contribution in [1.82, 2.24) is 0 Å². The molecule has 1 aromatic carbocycles. The van der Waals surface area contributed by atoms with Gasteiger partial charge < -0.3 is 9.84 Å². The van der Waals surface area contributed by atoms with Crippen molar-refractivity contribution in [3.05, 3.63) is 34.2 Å². The van der Waals surface area contributed by atoms with Crippen molar-refractivity contribution in [2.75, 3.05) is 0 Å². The van der Waals surface area contributed by atoms with Crippen LogP contribution in [0.25, 0.3) is 10.4 Å². The summed E-state index contributed by atoms with van der Waals surface area (Å²) < 4.78 is 42.3. The largest absolute Gasteiger partial charge is 0.480 e. The predicted octanol–water partition coefficient (Wildman–Crippen LogP) is 3.38. The third-order valence-electron chi connectivity index (χ3n) is 2.58. The van der Waals surface area contributed by atoms with Gasteiger partial charge in [-0.1, -0.05) is 5.11 Å². The van der Waals surface area contributed by atoms with Crippen LogP contribution >= 0.6 is 0 Å². The normalized spacial score (nSPS) is 22.7. The van der Waals surface area contributed by atoms with Gasteiger partial charge >= 0.3 is 6.18 Å². The molecule has 1 aliphatic heterocycles. The molecule has 96 valence electrons. The maximum absolute atomic E-state index is 12.5. The maximum Gasteiger partial charge on any atom is 0.425 e. The summed E-state index contributed by atoms with van der Waals surface area (Å²) in [4.78, 5) is 2.56. The van der Waals surface area contributed by atoms with E-state index in [1.165, 1.54) is 18.2 Å². The smallest absolute Gasteiger partial charge is 0.425 e. The molecule has 0 bridgehead atoms. The van der Waals surface area contributed by atoms with Crippen LogP contribution in [0.1, 0.15) is 18.1 Å². The highest BCUT2D eigenvalue weighted by molar-refractivity contribution is 5.49. The van der Waals surface area contributed by atoms with E-state index >= 15 is 0 Å². The Morgan fingerprint density at radius 3 is 2.78 bits per heavy atom. The third-order valence-corrected chi connectivity index (χ3v) is 2.58. The maximum atomic E-state index is 12.5. The zero-order valence-electron chi connectivity index (χ0n) is 8.92. The van der Waals surface area contributed by atoms with E-state index < -0.39 is 24.8 Å². The Hall–Kier alpha value is -1.92. The molecule has 0 aliphatic carbocycles. The van der Waals surface area contributed by atoms with E-state index in [0.717, 1.165) is 0 Å². The van der Waals surface area contributed by atoms with Gasteiger partial charge in [0.1, 0.15) is 5.75 Å². The van der Waals surface area contributed by atoms with Crippen molar-refractivity contribution in [3.63, 3.8) is 0 Å². The van der Waals surface area contributed by atoms with Crippen LogP contribution in [-0.2, 0) is 0 Å². The molecule has 5 nitrogen and oxygen atoms in total. The summed E-state index contributed by atoms with van der Waals surface area (Å²) in [5.41, 5.74) is 8.66. The van der Waals surface area contributed by atoms with Crippen LogP contribution in [0.15, 0.2) is 23.3 Å². The van der Waals surface area contributed by atoms with Crippen molar-refractivity contribution in [1.29, 1.82) is 0 Å². The van der Waals surface area contributed by atoms with Crippen molar-refractivity contribution < 1.29 is 23.0 Å². The third kappa shape index (κ3) is 2.34. The van der Waals surface area contributed by atoms with E-state index in [9.17, 15) is 18.3 Å². The fraction of sp³-hybridized carbons (Fsp3) is 0.400. The van der Waals surface area contributed by atoms with Crippen LogP contribution < -0.4 is 4.74 Å². The van der Waals surface area contributed by atoms with E-state index in [0.29, 0.717) is 0 Å². The SMILES string of the molecule is [N-]=[N+]=Nc1ccc2c(c1)C(O)CC(C(F)(F)F)O2. The van der Waals surface area contributed by atoms with E-state index in [-0.39, 0.29) is 17.0 Å². The lowest BCUT2D eigenvalue weighted by molar-refractivity contribution is -0.207. The second-order valence-corrected chi connectivity index (χ2v) is 3.81. The zero-order valence-corrected chi connectivity index (χ0v) is 8.92. The van der Waals surface area contributed by atoms with Gasteiger partial charge in [-0.3, -0.25) is 0 Å². The Kier molecular flexibility index (Phi) is 3.06. The molecule has 0 spiro atoms. The highest BCUT2D eigenvalue weighted by Gasteiger charge is 2.45. The average Bonchev–Trinajstić information content (AvgIpc) is 2.29. The van der Waals surface area contributed by atoms with Crippen LogP contribution in [0.2, 0.25) is 0 Å². The van der Waals surface area contributed by atoms with Crippen molar-refractivity contribution in [2.24, 2.45) is 5.11 Å². The number of benzene rings is 1. The molecule has 2 atom stereocenters. The van der Waals surface area contributed by atoms with Crippen LogP contribution in [0.4, 0.5) is 18.9 Å². The number of rotatable bonds is 1. The number of azide groups is 1. The lowest BCUT2D eigenvalue weighted by Crippen LogP contribution is -2.38. The van der Waals surface area contributed by atoms with Crippen LogP contribution in [0.5, 0.6) is 5.75 Å². The summed E-state index contributed by atoms with van der Waals surface area (Å²) >= 11 is 0. The van der Waals surface area contributed by atoms with Gasteiger partial charge in [-0.15, -0.1) is 0 Å². The van der Waals surface area contributed by atoms with Crippen LogP contribution in [0, 0.1) is 0 Å². The molecule has 0 aromatic heterocycles. The fourth-order valence-corrected chi connectivity index (χ4v) is 1.75. The van der Waals surface area contributed by atoms with Gasteiger partial charge in [-0.2, -0.15) is 13.2 Å². The first-order valence-electron chi connectivity index (χ1n) is 5.02. The molecule has 18 heavy (non-hydrogen) atoms. The first-order valence-corrected chi connectivity index (χ1v) is 5.02. The first-order chi connectivity index (χ1) is 8.41. The molecular formula is C10H8F3N3O2. The molecule has 8 heteroatoms. The van der Waals surface area contributed by atoms with Crippen LogP contribution in [-0.4, -0.2) is 17.4 Å². The molecule has 2 unspecified atom stereocenters. The number of aliphatic hydroxyl groups is 1. The van der Waals surface area contributed by atoms with Gasteiger partial charge in [-0.25, -0.2) is 0 Å². The summed E-state index contributed by atoms with van der Waals surface area (Å²) in [5, 5.41) is 13.0. The molecule has 0 amide bonds. The number of aliphatic hydroxyl groups excluding tert-OH is 1. The fourth-order valence-electron chi connectivity index (χ4n) is 1.75. The molecular weight excluding hydrogens is 251 g/mol. The number of nitrogens with zero attached hydrogens (tertiary/aromatic N) is 3. The molecule has 0 saturated carbocycles. The Morgan fingerprint density at radius 2 is 2.17 bits per heavy atom. The highest BCUT2D eigenvalue weighted by Crippen LogP contribution is 2.41. The Bertz CT molecular complexity index is 512. The quantitative estimate of drug-likeness (QED) is 0.476. The van der Waals surface area contributed by atoms with Crippen LogP contribution in [0.3, 0.4) is 0 Å². The van der Waals surface area contributed by atoms with Gasteiger partial charge in [0.05, 0.1) is 6.10 Å². The molecule has 0 radical (unpaired) electrons. The second-order valence-electron chi connectivity index (χ2n) is 3.81. The molecule has 1 aliphatic rings. The highest BCUT2D eigenvalue weighted by atomic mass is 19.4. The average molecular weight is 259 g/mol. The summed E-state index contributed by atoms with van der Waals surface area (Å²) in [6, 6.07) is 3.89. The van der Waals surface area contributed by atoms with Gasteiger partial charge in [-0.05, 0) is 23.7 Å². The Morgan fingerprint density at radius 1 is 1.44 bits per heavy atom. The molecule has 2 rings (SSSR count). The molecule has 1 N–H and O–H groups in total. The van der Waals surface area contributed by atoms with E-state index in [4.69, 9.17) is 10.3 Å². The van der Waals surface area contributed by atoms with E-state index in [1.807, 2.05) is 0 Å². The zero-order chi connectivity index (χ0) is 13.3. The van der Waals surface area contributed by atoms with Gasteiger partial charge in [0.15, 0.2) is 6.10 Å². The number of halogens is 3. The molecule has 0 saturated heterocycles. The minimum absolute atomic E-state index is 0.0482. The minimum Gasteiger partial charge on any atom is -0.480 e. The number of hydrogen-bond donors (Lipinski definition) is 1. The minimum atomic E-state index is -4.53. The summed E-state index contributed by atoms with van der Waals surface area (Å²) in [6.07, 6.45) is -8.42. The number of fused-ring (bicyclic) bond motifs is 1. The summed E-state index contributed by atoms with van der Waals surface area (Å²) in [7, 11) is 0. The summed E-state index contributed by atoms with van der Waals surface area (Å²) in [6.45, 7) is 0. The van der Waals surface area contributed by atoms with Crippen molar-refractivity contribution >= 4 is 5.69 Å². The Balaban J connectivity index is 2.36. The number of hydrogen-bond acceptors (Lipinski definition) is 3. The standard InChI is InChI=1S/C10H8F3N3O2/c11-10(12,13)9-4-7(17)6-3-5(15-16-14)1-2-8(6)18-9/h1-3,7,9,17H,4H2. The van der Waals surface area contributed by atoms with Gasteiger partial charge in [0, 0.05) is 22.6 Å². The van der Waals surface area contributed by atoms with E-state index in [2.05, 4.69) is 10.0 Å². The Labute approximate surface area is 99.4 Å². The summed E-state index contributed by atoms with van der Waals surface area (Å²) in [5.74, 6) is -0.0482. The predicted molar refractivity (Wildman–Crippen MR) is 55.3 cm³/mol. The lowest BCUT2D eigenvalue weighted by atomic mass is 9.98.